The summed E-state index contributed by atoms with van der Waals surface area (Å²) in [6.45, 7) is 1.93. The number of benzene rings is 3. The molecule has 7 heteroatoms. The molecule has 0 aliphatic carbocycles. The van der Waals surface area contributed by atoms with Crippen LogP contribution in [0, 0.1) is 0 Å². The number of nitrogens with one attached hydrogen (secondary N) is 1. The lowest BCUT2D eigenvalue weighted by Gasteiger charge is -2.15. The van der Waals surface area contributed by atoms with Crippen LogP contribution in [0.4, 0.5) is 5.69 Å². The van der Waals surface area contributed by atoms with Crippen LogP contribution < -0.4 is 5.32 Å². The van der Waals surface area contributed by atoms with Gasteiger partial charge in [0.25, 0.3) is 5.91 Å². The number of aliphatic hydroxyl groups is 2. The zero-order valence-electron chi connectivity index (χ0n) is 15.7. The van der Waals surface area contributed by atoms with Gasteiger partial charge >= 0.3 is 0 Å². The van der Waals surface area contributed by atoms with E-state index in [1.807, 2.05) is 0 Å². The van der Waals surface area contributed by atoms with Crippen molar-refractivity contribution in [3.63, 3.8) is 0 Å². The fourth-order valence-corrected chi connectivity index (χ4v) is 2.66. The molecular weight excluding hydrogens is 394 g/mol. The lowest BCUT2D eigenvalue weighted by Crippen LogP contribution is -2.21. The molecular formula is C22H22ClNO5. The molecule has 152 valence electrons. The Labute approximate surface area is 173 Å². The summed E-state index contributed by atoms with van der Waals surface area (Å²) in [7, 11) is 0. The Balaban J connectivity index is 0.000000941. The molecule has 3 aromatic carbocycles. The number of phenols is 2. The van der Waals surface area contributed by atoms with Gasteiger partial charge in [-0.1, -0.05) is 48.0 Å². The Hall–Kier alpha value is -3.06. The van der Waals surface area contributed by atoms with Crippen LogP contribution in [0.3, 0.4) is 0 Å². The number of halogens is 1. The number of para-hydroxylation sites is 1. The van der Waals surface area contributed by atoms with Gasteiger partial charge in [0.15, 0.2) is 17.6 Å². The van der Waals surface area contributed by atoms with E-state index in [4.69, 9.17) is 16.7 Å². The molecule has 1 amide bonds. The van der Waals surface area contributed by atoms with Gasteiger partial charge in [-0.25, -0.2) is 0 Å². The summed E-state index contributed by atoms with van der Waals surface area (Å²) in [4.78, 5) is 12.4. The van der Waals surface area contributed by atoms with Crippen molar-refractivity contribution in [2.45, 2.75) is 13.0 Å². The number of carbonyl (C=O) groups is 1. The molecule has 0 aliphatic heterocycles. The molecule has 29 heavy (non-hydrogen) atoms. The molecule has 3 aromatic rings. The van der Waals surface area contributed by atoms with Gasteiger partial charge in [-0.15, -0.1) is 0 Å². The first-order valence-corrected chi connectivity index (χ1v) is 9.21. The summed E-state index contributed by atoms with van der Waals surface area (Å²) >= 11 is 5.82. The molecule has 0 heterocycles. The molecule has 1 unspecified atom stereocenters. The second-order valence-electron chi connectivity index (χ2n) is 6.01. The normalized spacial score (nSPS) is 11.2. The molecule has 0 spiro atoms. The summed E-state index contributed by atoms with van der Waals surface area (Å²) in [6, 6.07) is 17.7. The minimum absolute atomic E-state index is 0.228. The van der Waals surface area contributed by atoms with Crippen LogP contribution in [-0.4, -0.2) is 32.9 Å². The smallest absolute Gasteiger partial charge is 0.257 e. The molecule has 1 atom stereocenters. The highest BCUT2D eigenvalue weighted by Gasteiger charge is 2.19. The molecule has 0 saturated carbocycles. The highest BCUT2D eigenvalue weighted by atomic mass is 35.5. The van der Waals surface area contributed by atoms with Crippen LogP contribution in [0.15, 0.2) is 66.7 Å². The standard InChI is InChI=1S/C20H16ClNO4.C2H6O/c21-14-8-5-12(6-9-14)19(25)20(26)22-16-4-2-1-3-15(16)13-7-10-17(23)18(24)11-13;1-2-3/h1-11,19,23-25H,(H,22,26);3H,2H2,1H3. The monoisotopic (exact) mass is 415 g/mol. The number of rotatable bonds is 4. The van der Waals surface area contributed by atoms with Gasteiger partial charge in [0.2, 0.25) is 0 Å². The van der Waals surface area contributed by atoms with Crippen molar-refractivity contribution in [1.29, 1.82) is 0 Å². The van der Waals surface area contributed by atoms with Gasteiger partial charge in [0, 0.05) is 22.9 Å². The quantitative estimate of drug-likeness (QED) is 0.412. The fraction of sp³-hybridized carbons (Fsp3) is 0.136. The molecule has 5 N–H and O–H groups in total. The first-order chi connectivity index (χ1) is 13.9. The van der Waals surface area contributed by atoms with Crippen molar-refractivity contribution in [1.82, 2.24) is 0 Å². The average molecular weight is 416 g/mol. The number of amides is 1. The third-order valence-corrected chi connectivity index (χ3v) is 4.16. The molecule has 6 nitrogen and oxygen atoms in total. The van der Waals surface area contributed by atoms with E-state index < -0.39 is 12.0 Å². The van der Waals surface area contributed by atoms with E-state index in [1.54, 1.807) is 61.5 Å². The van der Waals surface area contributed by atoms with Gasteiger partial charge in [0.05, 0.1) is 0 Å². The predicted octanol–water partition coefficient (Wildman–Crippen LogP) is 4.09. The first kappa shape index (κ1) is 22.2. The van der Waals surface area contributed by atoms with Gasteiger partial charge in [0.1, 0.15) is 0 Å². The van der Waals surface area contributed by atoms with E-state index in [9.17, 15) is 20.1 Å². The number of carbonyl (C=O) groups excluding carboxylic acids is 1. The Morgan fingerprint density at radius 2 is 1.62 bits per heavy atom. The van der Waals surface area contributed by atoms with E-state index in [0.29, 0.717) is 27.4 Å². The largest absolute Gasteiger partial charge is 0.504 e. The van der Waals surface area contributed by atoms with Gasteiger partial charge in [-0.3, -0.25) is 4.79 Å². The fourth-order valence-electron chi connectivity index (χ4n) is 2.53. The van der Waals surface area contributed by atoms with Crippen LogP contribution >= 0.6 is 11.6 Å². The Bertz CT molecular complexity index is 960. The van der Waals surface area contributed by atoms with E-state index >= 15 is 0 Å². The van der Waals surface area contributed by atoms with Crippen molar-refractivity contribution in [2.24, 2.45) is 0 Å². The van der Waals surface area contributed by atoms with Crippen molar-refractivity contribution in [3.8, 4) is 22.6 Å². The lowest BCUT2D eigenvalue weighted by atomic mass is 10.0. The molecule has 0 radical (unpaired) electrons. The lowest BCUT2D eigenvalue weighted by molar-refractivity contribution is -0.124. The third kappa shape index (κ3) is 5.96. The first-order valence-electron chi connectivity index (χ1n) is 8.84. The van der Waals surface area contributed by atoms with Gasteiger partial charge in [-0.2, -0.15) is 0 Å². The number of hydrogen-bond acceptors (Lipinski definition) is 5. The maximum absolute atomic E-state index is 12.4. The zero-order valence-corrected chi connectivity index (χ0v) is 16.5. The van der Waals surface area contributed by atoms with Crippen LogP contribution in [-0.2, 0) is 4.79 Å². The van der Waals surface area contributed by atoms with Crippen LogP contribution in [0.2, 0.25) is 5.02 Å². The maximum atomic E-state index is 12.4. The summed E-state index contributed by atoms with van der Waals surface area (Å²) < 4.78 is 0. The minimum atomic E-state index is -1.35. The van der Waals surface area contributed by atoms with E-state index in [-0.39, 0.29) is 18.1 Å². The van der Waals surface area contributed by atoms with Crippen molar-refractivity contribution in [3.05, 3.63) is 77.3 Å². The highest BCUT2D eigenvalue weighted by Crippen LogP contribution is 2.34. The molecule has 0 aromatic heterocycles. The van der Waals surface area contributed by atoms with Crippen molar-refractivity contribution >= 4 is 23.2 Å². The number of hydrogen-bond donors (Lipinski definition) is 5. The number of phenolic OH excluding ortho intramolecular Hbond substituents is 2. The summed E-state index contributed by atoms with van der Waals surface area (Å²) in [5.74, 6) is -1.08. The highest BCUT2D eigenvalue weighted by molar-refractivity contribution is 6.30. The number of anilines is 1. The topological polar surface area (TPSA) is 110 Å². The zero-order chi connectivity index (χ0) is 21.4. The van der Waals surface area contributed by atoms with Gasteiger partial charge in [-0.05, 0) is 48.4 Å². The molecule has 0 aliphatic rings. The average Bonchev–Trinajstić information content (AvgIpc) is 2.71. The van der Waals surface area contributed by atoms with E-state index in [0.717, 1.165) is 0 Å². The van der Waals surface area contributed by atoms with Crippen LogP contribution in [0.1, 0.15) is 18.6 Å². The summed E-state index contributed by atoms with van der Waals surface area (Å²) in [5, 5.41) is 40.2. The minimum Gasteiger partial charge on any atom is -0.504 e. The Morgan fingerprint density at radius 3 is 2.24 bits per heavy atom. The van der Waals surface area contributed by atoms with E-state index in [2.05, 4.69) is 5.32 Å². The Kier molecular flexibility index (Phi) is 8.03. The molecule has 0 fully saturated rings. The SMILES string of the molecule is CCO.O=C(Nc1ccccc1-c1ccc(O)c(O)c1)C(O)c1ccc(Cl)cc1. The second-order valence-corrected chi connectivity index (χ2v) is 6.45. The molecule has 0 bridgehead atoms. The maximum Gasteiger partial charge on any atom is 0.257 e. The summed E-state index contributed by atoms with van der Waals surface area (Å²) in [5.41, 5.74) is 2.14. The third-order valence-electron chi connectivity index (χ3n) is 3.91. The second kappa shape index (κ2) is 10.5. The molecule has 0 saturated heterocycles. The molecule has 3 rings (SSSR count). The predicted molar refractivity (Wildman–Crippen MR) is 113 cm³/mol. The van der Waals surface area contributed by atoms with Crippen LogP contribution in [0.25, 0.3) is 11.1 Å². The van der Waals surface area contributed by atoms with Crippen molar-refractivity contribution in [2.75, 3.05) is 11.9 Å². The van der Waals surface area contributed by atoms with Crippen LogP contribution in [0.5, 0.6) is 11.5 Å². The van der Waals surface area contributed by atoms with Gasteiger partial charge < -0.3 is 25.7 Å². The Morgan fingerprint density at radius 1 is 1.00 bits per heavy atom. The van der Waals surface area contributed by atoms with E-state index in [1.165, 1.54) is 12.1 Å². The number of aliphatic hydroxyl groups excluding tert-OH is 2. The number of aromatic hydroxyl groups is 2. The van der Waals surface area contributed by atoms with Crippen molar-refractivity contribution < 1.29 is 25.2 Å². The summed E-state index contributed by atoms with van der Waals surface area (Å²) in [6.07, 6.45) is -1.35.